The van der Waals surface area contributed by atoms with Crippen molar-refractivity contribution in [3.63, 3.8) is 0 Å². The highest BCUT2D eigenvalue weighted by molar-refractivity contribution is 6.02. The molecule has 0 atom stereocenters. The van der Waals surface area contributed by atoms with E-state index in [0.717, 1.165) is 0 Å². The lowest BCUT2D eigenvalue weighted by molar-refractivity contribution is -0.111. The van der Waals surface area contributed by atoms with E-state index in [9.17, 15) is 4.79 Å². The molecule has 0 unspecified atom stereocenters. The van der Waals surface area contributed by atoms with Crippen molar-refractivity contribution in [2.45, 2.75) is 6.92 Å². The van der Waals surface area contributed by atoms with E-state index in [1.807, 2.05) is 0 Å². The normalized spacial score (nSPS) is 10.6. The lowest BCUT2D eigenvalue weighted by Crippen LogP contribution is -1.91. The number of carbonyl (C=O) groups is 1. The number of hydrogen-bond acceptors (Lipinski definition) is 2. The van der Waals surface area contributed by atoms with Gasteiger partial charge in [0, 0.05) is 11.8 Å². The van der Waals surface area contributed by atoms with Gasteiger partial charge >= 0.3 is 0 Å². The predicted octanol–water partition coefficient (Wildman–Crippen LogP) is 1.35. The Labute approximate surface area is 54.6 Å². The maximum Gasteiger partial charge on any atom is 0.182 e. The van der Waals surface area contributed by atoms with Crippen LogP contribution in [0.5, 0.6) is 0 Å². The fraction of sp³-hybridized carbons (Fsp3) is 0.143. The van der Waals surface area contributed by atoms with Gasteiger partial charge in [-0.15, -0.1) is 0 Å². The lowest BCUT2D eigenvalue weighted by atomic mass is 10.2. The van der Waals surface area contributed by atoms with E-state index in [4.69, 9.17) is 0 Å². The number of aliphatic imine (C=N–C) groups is 1. The van der Waals surface area contributed by atoms with Crippen LogP contribution in [0.3, 0.4) is 0 Å². The number of ketones is 1. The topological polar surface area (TPSA) is 29.4 Å². The van der Waals surface area contributed by atoms with E-state index < -0.39 is 0 Å². The Balaban J connectivity index is 4.18. The summed E-state index contributed by atoms with van der Waals surface area (Å²) in [4.78, 5) is 14.1. The van der Waals surface area contributed by atoms with E-state index in [0.29, 0.717) is 5.57 Å². The van der Waals surface area contributed by atoms with Crippen LogP contribution in [0.2, 0.25) is 0 Å². The summed E-state index contributed by atoms with van der Waals surface area (Å²) < 4.78 is 0. The third kappa shape index (κ3) is 2.59. The van der Waals surface area contributed by atoms with Crippen LogP contribution >= 0.6 is 0 Å². The molecule has 0 heterocycles. The van der Waals surface area contributed by atoms with Crippen LogP contribution in [0.4, 0.5) is 0 Å². The number of allylic oxidation sites excluding steroid dienone is 2. The van der Waals surface area contributed by atoms with E-state index in [1.54, 1.807) is 6.92 Å². The molecule has 0 spiro atoms. The highest BCUT2D eigenvalue weighted by atomic mass is 16.1. The van der Waals surface area contributed by atoms with Crippen molar-refractivity contribution >= 4 is 12.5 Å². The Hall–Kier alpha value is -1.18. The summed E-state index contributed by atoms with van der Waals surface area (Å²) in [5, 5.41) is 0. The second-order valence-electron chi connectivity index (χ2n) is 1.56. The highest BCUT2D eigenvalue weighted by Gasteiger charge is 1.94. The minimum atomic E-state index is -0.109. The van der Waals surface area contributed by atoms with Crippen LogP contribution in [0, 0.1) is 0 Å². The Bertz CT molecular complexity index is 168. The number of rotatable bonds is 3. The molecule has 0 aliphatic heterocycles. The van der Waals surface area contributed by atoms with Gasteiger partial charge in [0.05, 0.1) is 0 Å². The van der Waals surface area contributed by atoms with Gasteiger partial charge in [-0.25, -0.2) is 0 Å². The van der Waals surface area contributed by atoms with Gasteiger partial charge in [0.1, 0.15) is 0 Å². The molecule has 0 aliphatic carbocycles. The number of carbonyl (C=O) groups excluding carboxylic acids is 1. The SMILES string of the molecule is C=CC(=O)/C(C)=C/N=C. The molecule has 2 heteroatoms. The molecule has 2 nitrogen and oxygen atoms in total. The predicted molar refractivity (Wildman–Crippen MR) is 38.5 cm³/mol. The second kappa shape index (κ2) is 3.78. The third-order valence-corrected chi connectivity index (χ3v) is 0.859. The van der Waals surface area contributed by atoms with Crippen molar-refractivity contribution < 1.29 is 4.79 Å². The van der Waals surface area contributed by atoms with Crippen molar-refractivity contribution in [2.75, 3.05) is 0 Å². The van der Waals surface area contributed by atoms with Crippen molar-refractivity contribution in [2.24, 2.45) is 4.99 Å². The smallest absolute Gasteiger partial charge is 0.182 e. The molecule has 0 radical (unpaired) electrons. The fourth-order valence-electron chi connectivity index (χ4n) is 0.362. The van der Waals surface area contributed by atoms with E-state index in [1.165, 1.54) is 12.3 Å². The maximum absolute atomic E-state index is 10.6. The molecule has 48 valence electrons. The van der Waals surface area contributed by atoms with Crippen LogP contribution in [-0.4, -0.2) is 12.5 Å². The first-order chi connectivity index (χ1) is 4.22. The molecule has 0 amide bonds. The van der Waals surface area contributed by atoms with E-state index in [2.05, 4.69) is 18.3 Å². The van der Waals surface area contributed by atoms with Gasteiger partial charge in [0.15, 0.2) is 5.78 Å². The van der Waals surface area contributed by atoms with Gasteiger partial charge in [-0.2, -0.15) is 0 Å². The van der Waals surface area contributed by atoms with Crippen molar-refractivity contribution in [1.82, 2.24) is 0 Å². The van der Waals surface area contributed by atoms with Gasteiger partial charge < -0.3 is 0 Å². The average molecular weight is 123 g/mol. The molecule has 0 aromatic carbocycles. The number of nitrogens with zero attached hydrogens (tertiary/aromatic N) is 1. The zero-order valence-corrected chi connectivity index (χ0v) is 5.42. The van der Waals surface area contributed by atoms with Gasteiger partial charge in [-0.3, -0.25) is 9.79 Å². The quantitative estimate of drug-likeness (QED) is 0.411. The van der Waals surface area contributed by atoms with Crippen LogP contribution in [-0.2, 0) is 4.79 Å². The average Bonchev–Trinajstić information content (AvgIpc) is 1.87. The monoisotopic (exact) mass is 123 g/mol. The largest absolute Gasteiger partial charge is 0.290 e. The van der Waals surface area contributed by atoms with Crippen LogP contribution in [0.15, 0.2) is 29.4 Å². The first-order valence-corrected chi connectivity index (χ1v) is 2.51. The first kappa shape index (κ1) is 7.82. The second-order valence-corrected chi connectivity index (χ2v) is 1.56. The van der Waals surface area contributed by atoms with Gasteiger partial charge in [0.2, 0.25) is 0 Å². The van der Waals surface area contributed by atoms with Crippen molar-refractivity contribution in [3.05, 3.63) is 24.4 Å². The minimum absolute atomic E-state index is 0.109. The summed E-state index contributed by atoms with van der Waals surface area (Å²) in [6.07, 6.45) is 2.65. The Morgan fingerprint density at radius 2 is 2.22 bits per heavy atom. The lowest BCUT2D eigenvalue weighted by Gasteiger charge is -1.87. The molecule has 0 saturated heterocycles. The van der Waals surface area contributed by atoms with Crippen molar-refractivity contribution in [1.29, 1.82) is 0 Å². The first-order valence-electron chi connectivity index (χ1n) is 2.51. The summed E-state index contributed by atoms with van der Waals surface area (Å²) in [6.45, 7) is 8.18. The Kier molecular flexibility index (Phi) is 3.28. The summed E-state index contributed by atoms with van der Waals surface area (Å²) in [5.74, 6) is -0.109. The molecule has 0 saturated carbocycles. The Morgan fingerprint density at radius 1 is 1.67 bits per heavy atom. The highest BCUT2D eigenvalue weighted by Crippen LogP contribution is 1.93. The third-order valence-electron chi connectivity index (χ3n) is 0.859. The molecular weight excluding hydrogens is 114 g/mol. The zero-order valence-electron chi connectivity index (χ0n) is 5.42. The minimum Gasteiger partial charge on any atom is -0.290 e. The summed E-state index contributed by atoms with van der Waals surface area (Å²) in [5.41, 5.74) is 0.556. The molecule has 0 aliphatic rings. The standard InChI is InChI=1S/C7H9NO/c1-4-7(9)6(2)5-8-3/h4-5H,1,3H2,2H3/b6-5+. The molecule has 9 heavy (non-hydrogen) atoms. The Morgan fingerprint density at radius 3 is 2.56 bits per heavy atom. The summed E-state index contributed by atoms with van der Waals surface area (Å²) >= 11 is 0. The van der Waals surface area contributed by atoms with Gasteiger partial charge in [0.25, 0.3) is 0 Å². The molecule has 0 N–H and O–H groups in total. The van der Waals surface area contributed by atoms with Crippen molar-refractivity contribution in [3.8, 4) is 0 Å². The van der Waals surface area contributed by atoms with Gasteiger partial charge in [-0.1, -0.05) is 6.58 Å². The molecule has 0 aromatic heterocycles. The summed E-state index contributed by atoms with van der Waals surface area (Å²) in [7, 11) is 0. The fourth-order valence-corrected chi connectivity index (χ4v) is 0.362. The van der Waals surface area contributed by atoms with Crippen LogP contribution in [0.25, 0.3) is 0 Å². The molecule has 0 aromatic rings. The zero-order chi connectivity index (χ0) is 7.28. The number of hydrogen-bond donors (Lipinski definition) is 0. The maximum atomic E-state index is 10.6. The van der Waals surface area contributed by atoms with E-state index >= 15 is 0 Å². The van der Waals surface area contributed by atoms with Crippen LogP contribution < -0.4 is 0 Å². The summed E-state index contributed by atoms with van der Waals surface area (Å²) in [6, 6.07) is 0. The molecule has 0 bridgehead atoms. The molecular formula is C7H9NO. The van der Waals surface area contributed by atoms with Crippen LogP contribution in [0.1, 0.15) is 6.92 Å². The molecule has 0 rings (SSSR count). The molecule has 0 fully saturated rings. The van der Waals surface area contributed by atoms with Gasteiger partial charge in [-0.05, 0) is 19.7 Å². The van der Waals surface area contributed by atoms with E-state index in [-0.39, 0.29) is 5.78 Å².